The molecule has 2 rings (SSSR count). The fourth-order valence-corrected chi connectivity index (χ4v) is 1.58. The Labute approximate surface area is 94.3 Å². The summed E-state index contributed by atoms with van der Waals surface area (Å²) >= 11 is 0. The van der Waals surface area contributed by atoms with Gasteiger partial charge in [-0.05, 0) is 38.1 Å². The van der Waals surface area contributed by atoms with Gasteiger partial charge in [0.05, 0.1) is 11.3 Å². The van der Waals surface area contributed by atoms with E-state index in [1.165, 1.54) is 0 Å². The minimum Gasteiger partial charge on any atom is -0.269 e. The Balaban J connectivity index is 2.48. The Hall–Kier alpha value is -1.72. The Morgan fingerprint density at radius 1 is 1.38 bits per heavy atom. The summed E-state index contributed by atoms with van der Waals surface area (Å²) in [6.07, 6.45) is 2.00. The number of hydrogen-bond donors (Lipinski definition) is 0. The monoisotopic (exact) mass is 220 g/mol. The lowest BCUT2D eigenvalue weighted by Crippen LogP contribution is -2.01. The quantitative estimate of drug-likeness (QED) is 0.785. The molecule has 2 aromatic heterocycles. The zero-order valence-corrected chi connectivity index (χ0v) is 10.0. The third-order valence-electron chi connectivity index (χ3n) is 2.52. The van der Waals surface area contributed by atoms with Crippen LogP contribution in [-0.2, 0) is 6.54 Å². The van der Waals surface area contributed by atoms with Gasteiger partial charge in [-0.3, -0.25) is 4.68 Å². The van der Waals surface area contributed by atoms with Gasteiger partial charge in [0.1, 0.15) is 0 Å². The molecule has 0 fully saturated rings. The molecular weight excluding hydrogens is 204 g/mol. The van der Waals surface area contributed by atoms with Gasteiger partial charge in [-0.1, -0.05) is 0 Å². The minimum atomic E-state index is 0.346. The van der Waals surface area contributed by atoms with Crippen molar-refractivity contribution in [1.82, 2.24) is 30.0 Å². The smallest absolute Gasteiger partial charge is 0.185 e. The molecular formula is C10H16N6. The molecule has 0 radical (unpaired) electrons. The molecule has 0 aliphatic carbocycles. The Morgan fingerprint density at radius 2 is 2.12 bits per heavy atom. The maximum absolute atomic E-state index is 4.45. The Bertz CT molecular complexity index is 481. The van der Waals surface area contributed by atoms with Gasteiger partial charge in [-0.25, -0.2) is 4.68 Å². The van der Waals surface area contributed by atoms with Gasteiger partial charge in [0.25, 0.3) is 0 Å². The number of tetrazole rings is 1. The van der Waals surface area contributed by atoms with Gasteiger partial charge in [0.15, 0.2) is 5.82 Å². The van der Waals surface area contributed by atoms with Crippen molar-refractivity contribution in [3.8, 4) is 11.4 Å². The van der Waals surface area contributed by atoms with Crippen LogP contribution in [0, 0.1) is 6.92 Å². The summed E-state index contributed by atoms with van der Waals surface area (Å²) in [6.45, 7) is 8.94. The molecule has 0 atom stereocenters. The van der Waals surface area contributed by atoms with Crippen LogP contribution in [0.4, 0.5) is 0 Å². The van der Waals surface area contributed by atoms with Crippen molar-refractivity contribution in [3.63, 3.8) is 0 Å². The molecule has 0 amide bonds. The third-order valence-corrected chi connectivity index (χ3v) is 2.52. The average Bonchev–Trinajstić information content (AvgIpc) is 2.82. The molecule has 0 aromatic carbocycles. The van der Waals surface area contributed by atoms with Crippen molar-refractivity contribution in [2.24, 2.45) is 0 Å². The van der Waals surface area contributed by atoms with Crippen LogP contribution in [0.2, 0.25) is 0 Å². The average molecular weight is 220 g/mol. The van der Waals surface area contributed by atoms with E-state index >= 15 is 0 Å². The second-order valence-electron chi connectivity index (χ2n) is 4.02. The summed E-state index contributed by atoms with van der Waals surface area (Å²) in [6, 6.07) is 0.346. The highest BCUT2D eigenvalue weighted by Crippen LogP contribution is 2.20. The summed E-state index contributed by atoms with van der Waals surface area (Å²) in [4.78, 5) is 0. The van der Waals surface area contributed by atoms with Crippen molar-refractivity contribution in [1.29, 1.82) is 0 Å². The van der Waals surface area contributed by atoms with Crippen molar-refractivity contribution in [2.45, 2.75) is 40.3 Å². The molecule has 0 saturated heterocycles. The largest absolute Gasteiger partial charge is 0.269 e. The zero-order chi connectivity index (χ0) is 11.7. The van der Waals surface area contributed by atoms with E-state index in [1.807, 2.05) is 24.7 Å². The molecule has 86 valence electrons. The number of hydrogen-bond acceptors (Lipinski definition) is 4. The highest BCUT2D eigenvalue weighted by Gasteiger charge is 2.14. The molecule has 2 aromatic rings. The highest BCUT2D eigenvalue weighted by molar-refractivity contribution is 5.56. The second-order valence-corrected chi connectivity index (χ2v) is 4.02. The first kappa shape index (κ1) is 10.8. The van der Waals surface area contributed by atoms with Gasteiger partial charge in [-0.15, -0.1) is 5.10 Å². The summed E-state index contributed by atoms with van der Waals surface area (Å²) in [5.74, 6) is 0.784. The van der Waals surface area contributed by atoms with E-state index in [1.54, 1.807) is 4.68 Å². The molecule has 0 unspecified atom stereocenters. The summed E-state index contributed by atoms with van der Waals surface area (Å²) in [5, 5.41) is 16.1. The summed E-state index contributed by atoms with van der Waals surface area (Å²) in [7, 11) is 0. The topological polar surface area (TPSA) is 61.4 Å². The Kier molecular flexibility index (Phi) is 2.72. The zero-order valence-electron chi connectivity index (χ0n) is 10.0. The van der Waals surface area contributed by atoms with E-state index in [0.29, 0.717) is 6.04 Å². The summed E-state index contributed by atoms with van der Waals surface area (Å²) < 4.78 is 3.70. The molecule has 0 N–H and O–H groups in total. The van der Waals surface area contributed by atoms with Crippen LogP contribution in [0.25, 0.3) is 11.4 Å². The minimum absolute atomic E-state index is 0.346. The molecule has 0 spiro atoms. The normalized spacial score (nSPS) is 11.3. The first-order valence-electron chi connectivity index (χ1n) is 5.45. The SMILES string of the molecule is CCn1nnnc1-c1cn(C(C)C)nc1C. The lowest BCUT2D eigenvalue weighted by atomic mass is 10.2. The van der Waals surface area contributed by atoms with Crippen molar-refractivity contribution >= 4 is 0 Å². The Morgan fingerprint density at radius 3 is 2.69 bits per heavy atom. The van der Waals surface area contributed by atoms with E-state index < -0.39 is 0 Å². The molecule has 0 aliphatic heterocycles. The number of aromatic nitrogens is 6. The van der Waals surface area contributed by atoms with E-state index in [4.69, 9.17) is 0 Å². The molecule has 0 saturated carbocycles. The number of aryl methyl sites for hydroxylation is 2. The summed E-state index contributed by atoms with van der Waals surface area (Å²) in [5.41, 5.74) is 1.96. The number of nitrogens with zero attached hydrogens (tertiary/aromatic N) is 6. The van der Waals surface area contributed by atoms with Crippen LogP contribution < -0.4 is 0 Å². The van der Waals surface area contributed by atoms with Gasteiger partial charge >= 0.3 is 0 Å². The van der Waals surface area contributed by atoms with Gasteiger partial charge in [-0.2, -0.15) is 5.10 Å². The molecule has 2 heterocycles. The molecule has 6 heteroatoms. The van der Waals surface area contributed by atoms with Gasteiger partial charge in [0, 0.05) is 18.8 Å². The molecule has 16 heavy (non-hydrogen) atoms. The number of rotatable bonds is 3. The van der Waals surface area contributed by atoms with Gasteiger partial charge < -0.3 is 0 Å². The fraction of sp³-hybridized carbons (Fsp3) is 0.600. The lowest BCUT2D eigenvalue weighted by molar-refractivity contribution is 0.529. The predicted octanol–water partition coefficient (Wildman–Crippen LogP) is 1.45. The highest BCUT2D eigenvalue weighted by atomic mass is 15.5. The first-order valence-corrected chi connectivity index (χ1v) is 5.45. The van der Waals surface area contributed by atoms with E-state index in [9.17, 15) is 0 Å². The fourth-order valence-electron chi connectivity index (χ4n) is 1.58. The first-order chi connectivity index (χ1) is 7.63. The second kappa shape index (κ2) is 4.03. The van der Waals surface area contributed by atoms with Crippen LogP contribution in [0.5, 0.6) is 0 Å². The van der Waals surface area contributed by atoms with Crippen LogP contribution in [0.1, 0.15) is 32.5 Å². The standard InChI is InChI=1S/C10H16N6/c1-5-15-10(11-13-14-15)9-6-16(7(2)3)12-8(9)4/h6-7H,5H2,1-4H3. The maximum atomic E-state index is 4.45. The third kappa shape index (κ3) is 1.70. The van der Waals surface area contributed by atoms with Gasteiger partial charge in [0.2, 0.25) is 0 Å². The van der Waals surface area contributed by atoms with Crippen molar-refractivity contribution < 1.29 is 0 Å². The van der Waals surface area contributed by atoms with Crippen LogP contribution >= 0.6 is 0 Å². The van der Waals surface area contributed by atoms with E-state index in [0.717, 1.165) is 23.6 Å². The van der Waals surface area contributed by atoms with E-state index in [-0.39, 0.29) is 0 Å². The maximum Gasteiger partial charge on any atom is 0.185 e. The predicted molar refractivity (Wildman–Crippen MR) is 59.8 cm³/mol. The molecule has 0 bridgehead atoms. The lowest BCUT2D eigenvalue weighted by Gasteiger charge is -2.02. The van der Waals surface area contributed by atoms with Crippen molar-refractivity contribution in [2.75, 3.05) is 0 Å². The van der Waals surface area contributed by atoms with Crippen LogP contribution in [-0.4, -0.2) is 30.0 Å². The van der Waals surface area contributed by atoms with Crippen molar-refractivity contribution in [3.05, 3.63) is 11.9 Å². The van der Waals surface area contributed by atoms with E-state index in [2.05, 4.69) is 34.5 Å². The van der Waals surface area contributed by atoms with Crippen LogP contribution in [0.3, 0.4) is 0 Å². The molecule has 6 nitrogen and oxygen atoms in total. The molecule has 0 aliphatic rings. The van der Waals surface area contributed by atoms with Crippen LogP contribution in [0.15, 0.2) is 6.20 Å².